The maximum Gasteiger partial charge on any atom is 0.142 e. The number of allylic oxidation sites excluding steroid dienone is 1. The first kappa shape index (κ1) is 22.3. The molecule has 0 saturated heterocycles. The van der Waals surface area contributed by atoms with Crippen LogP contribution in [0.4, 0.5) is 11.4 Å². The highest BCUT2D eigenvalue weighted by Gasteiger charge is 2.00. The Balaban J connectivity index is 1.25. The van der Waals surface area contributed by atoms with E-state index < -0.39 is 0 Å². The Kier molecular flexibility index (Phi) is 8.87. The second-order valence-electron chi connectivity index (χ2n) is 7.57. The van der Waals surface area contributed by atoms with Gasteiger partial charge in [0.25, 0.3) is 0 Å². The second kappa shape index (κ2) is 12.3. The molecule has 0 amide bonds. The summed E-state index contributed by atoms with van der Waals surface area (Å²) in [6, 6.07) is 24.1. The van der Waals surface area contributed by atoms with Gasteiger partial charge in [0, 0.05) is 5.69 Å². The van der Waals surface area contributed by atoms with Gasteiger partial charge in [0.15, 0.2) is 0 Å². The van der Waals surface area contributed by atoms with Crippen LogP contribution in [0, 0.1) is 0 Å². The van der Waals surface area contributed by atoms with Crippen LogP contribution in [0.1, 0.15) is 36.8 Å². The minimum atomic E-state index is 0.589. The largest absolute Gasteiger partial charge is 0.494 e. The van der Waals surface area contributed by atoms with E-state index >= 15 is 0 Å². The molecule has 0 heterocycles. The third-order valence-corrected chi connectivity index (χ3v) is 4.99. The van der Waals surface area contributed by atoms with Crippen LogP contribution in [0.2, 0.25) is 0 Å². The number of hydrogen-bond acceptors (Lipinski definition) is 4. The molecule has 0 aromatic heterocycles. The van der Waals surface area contributed by atoms with E-state index in [0.717, 1.165) is 44.5 Å². The summed E-state index contributed by atoms with van der Waals surface area (Å²) in [5.74, 6) is 1.62. The summed E-state index contributed by atoms with van der Waals surface area (Å²) in [4.78, 5) is 0. The van der Waals surface area contributed by atoms with E-state index in [1.54, 1.807) is 12.1 Å². The first-order valence-electron chi connectivity index (χ1n) is 10.9. The van der Waals surface area contributed by atoms with Crippen molar-refractivity contribution in [3.63, 3.8) is 0 Å². The monoisotopic (exact) mass is 416 g/mol. The summed E-state index contributed by atoms with van der Waals surface area (Å²) in [6.07, 6.45) is 9.52. The molecule has 3 rings (SSSR count). The van der Waals surface area contributed by atoms with Gasteiger partial charge in [0.05, 0.1) is 18.9 Å². The van der Waals surface area contributed by atoms with Gasteiger partial charge in [-0.25, -0.2) is 0 Å². The lowest BCUT2D eigenvalue weighted by Crippen LogP contribution is -2.02. The number of unbranched alkanes of at least 4 members (excludes halogenated alkanes) is 3. The third-order valence-electron chi connectivity index (χ3n) is 4.99. The summed E-state index contributed by atoms with van der Waals surface area (Å²) in [7, 11) is 0. The van der Waals surface area contributed by atoms with Crippen LogP contribution in [-0.2, 0) is 6.42 Å². The molecule has 4 nitrogen and oxygen atoms in total. The number of nitrogens with two attached hydrogens (primary N) is 2. The van der Waals surface area contributed by atoms with E-state index in [1.807, 2.05) is 24.3 Å². The maximum atomic E-state index is 5.89. The Labute approximate surface area is 185 Å². The van der Waals surface area contributed by atoms with Gasteiger partial charge in [-0.15, -0.1) is 0 Å². The predicted molar refractivity (Wildman–Crippen MR) is 130 cm³/mol. The fraction of sp³-hybridized carbons (Fsp3) is 0.259. The van der Waals surface area contributed by atoms with Crippen LogP contribution in [0.15, 0.2) is 78.9 Å². The zero-order valence-electron chi connectivity index (χ0n) is 18.0. The smallest absolute Gasteiger partial charge is 0.142 e. The molecule has 162 valence electrons. The van der Waals surface area contributed by atoms with Gasteiger partial charge in [0.1, 0.15) is 11.5 Å². The van der Waals surface area contributed by atoms with Crippen molar-refractivity contribution in [2.75, 3.05) is 24.7 Å². The van der Waals surface area contributed by atoms with Crippen molar-refractivity contribution in [3.05, 3.63) is 90.0 Å². The van der Waals surface area contributed by atoms with Gasteiger partial charge in [-0.1, -0.05) is 54.6 Å². The van der Waals surface area contributed by atoms with Crippen LogP contribution in [-0.4, -0.2) is 13.2 Å². The summed E-state index contributed by atoms with van der Waals surface area (Å²) in [5, 5.41) is 0. The number of nitrogen functional groups attached to an aromatic ring is 2. The molecule has 0 aliphatic heterocycles. The van der Waals surface area contributed by atoms with Crippen LogP contribution >= 0.6 is 0 Å². The lowest BCUT2D eigenvalue weighted by molar-refractivity contribution is 0.288. The molecule has 0 bridgehead atoms. The molecule has 0 aliphatic carbocycles. The molecule has 3 aromatic carbocycles. The quantitative estimate of drug-likeness (QED) is 0.275. The molecule has 31 heavy (non-hydrogen) atoms. The van der Waals surface area contributed by atoms with E-state index in [1.165, 1.54) is 11.1 Å². The summed E-state index contributed by atoms with van der Waals surface area (Å²) < 4.78 is 11.6. The maximum absolute atomic E-state index is 5.89. The third kappa shape index (κ3) is 8.09. The molecule has 0 saturated carbocycles. The highest BCUT2D eigenvalue weighted by atomic mass is 16.5. The first-order chi connectivity index (χ1) is 15.2. The molecular weight excluding hydrogens is 384 g/mol. The number of anilines is 2. The lowest BCUT2D eigenvalue weighted by Gasteiger charge is -2.09. The van der Waals surface area contributed by atoms with Gasteiger partial charge >= 0.3 is 0 Å². The highest BCUT2D eigenvalue weighted by Crippen LogP contribution is 2.23. The molecule has 4 N–H and O–H groups in total. The number of ether oxygens (including phenoxy) is 2. The van der Waals surface area contributed by atoms with Gasteiger partial charge in [-0.2, -0.15) is 0 Å². The van der Waals surface area contributed by atoms with Crippen LogP contribution in [0.3, 0.4) is 0 Å². The molecule has 0 aliphatic rings. The van der Waals surface area contributed by atoms with Crippen LogP contribution in [0.5, 0.6) is 11.5 Å². The van der Waals surface area contributed by atoms with Crippen molar-refractivity contribution in [1.82, 2.24) is 0 Å². The normalized spacial score (nSPS) is 11.0. The summed E-state index contributed by atoms with van der Waals surface area (Å²) in [6.45, 7) is 1.39. The Morgan fingerprint density at radius 3 is 2.13 bits per heavy atom. The number of rotatable bonds is 12. The fourth-order valence-electron chi connectivity index (χ4n) is 3.25. The van der Waals surface area contributed by atoms with Crippen molar-refractivity contribution in [2.45, 2.75) is 32.1 Å². The van der Waals surface area contributed by atoms with E-state index in [0.29, 0.717) is 23.7 Å². The Morgan fingerprint density at radius 2 is 1.42 bits per heavy atom. The molecule has 0 unspecified atom stereocenters. The lowest BCUT2D eigenvalue weighted by atomic mass is 10.1. The molecule has 0 fully saturated rings. The average molecular weight is 417 g/mol. The predicted octanol–water partition coefficient (Wildman–Crippen LogP) is 6.13. The van der Waals surface area contributed by atoms with Gasteiger partial charge in [0.2, 0.25) is 0 Å². The van der Waals surface area contributed by atoms with Gasteiger partial charge < -0.3 is 20.9 Å². The highest BCUT2D eigenvalue weighted by molar-refractivity contribution is 5.60. The number of benzene rings is 3. The molecule has 0 radical (unpaired) electrons. The van der Waals surface area contributed by atoms with Crippen LogP contribution < -0.4 is 20.9 Å². The Hall–Kier alpha value is -3.40. The van der Waals surface area contributed by atoms with Crippen molar-refractivity contribution in [1.29, 1.82) is 0 Å². The van der Waals surface area contributed by atoms with E-state index in [-0.39, 0.29) is 0 Å². The second-order valence-corrected chi connectivity index (χ2v) is 7.57. The summed E-state index contributed by atoms with van der Waals surface area (Å²) in [5.41, 5.74) is 15.3. The summed E-state index contributed by atoms with van der Waals surface area (Å²) >= 11 is 0. The fourth-order valence-corrected chi connectivity index (χ4v) is 3.25. The van der Waals surface area contributed by atoms with Crippen molar-refractivity contribution < 1.29 is 9.47 Å². The first-order valence-corrected chi connectivity index (χ1v) is 10.9. The molecular formula is C27H32N2O2. The van der Waals surface area contributed by atoms with Crippen molar-refractivity contribution in [2.24, 2.45) is 0 Å². The topological polar surface area (TPSA) is 70.5 Å². The van der Waals surface area contributed by atoms with Crippen molar-refractivity contribution in [3.8, 4) is 11.5 Å². The van der Waals surface area contributed by atoms with E-state index in [9.17, 15) is 0 Å². The molecule has 4 heteroatoms. The van der Waals surface area contributed by atoms with Crippen molar-refractivity contribution >= 4 is 17.5 Å². The minimum absolute atomic E-state index is 0.589. The Morgan fingerprint density at radius 1 is 0.710 bits per heavy atom. The standard InChI is InChI=1S/C27H32N2O2/c28-24-15-18-27(26(29)21-24)31-20-7-2-1-6-19-30-25-16-13-23(14-17-25)12-8-11-22-9-4-3-5-10-22/h3-5,8-10,12-18,21H,1-2,6-7,11,19-20,28-29H2. The Bertz CT molecular complexity index is 937. The molecule has 3 aromatic rings. The average Bonchev–Trinajstić information content (AvgIpc) is 2.78. The molecule has 0 spiro atoms. The van der Waals surface area contributed by atoms with Gasteiger partial charge in [-0.05, 0) is 73.6 Å². The van der Waals surface area contributed by atoms with E-state index in [2.05, 4.69) is 48.6 Å². The zero-order chi connectivity index (χ0) is 21.7. The van der Waals surface area contributed by atoms with E-state index in [4.69, 9.17) is 20.9 Å². The number of hydrogen-bond donors (Lipinski definition) is 2. The minimum Gasteiger partial charge on any atom is -0.494 e. The van der Waals surface area contributed by atoms with Crippen LogP contribution in [0.25, 0.3) is 6.08 Å². The van der Waals surface area contributed by atoms with Gasteiger partial charge in [-0.3, -0.25) is 0 Å². The SMILES string of the molecule is Nc1ccc(OCCCCCCOc2ccc(C=CCc3ccccc3)cc2)c(N)c1. The zero-order valence-corrected chi connectivity index (χ0v) is 18.0. The molecule has 0 atom stereocenters.